The molecule has 0 aliphatic heterocycles. The van der Waals surface area contributed by atoms with Crippen LogP contribution in [0.5, 0.6) is 5.75 Å². The van der Waals surface area contributed by atoms with Gasteiger partial charge in [-0.15, -0.1) is 0 Å². The minimum Gasteiger partial charge on any atom is -0.495 e. The standard InChI is InChI=1S/C15H17NO2/c1-10(2)8-16-9-13(11(3)17)12-6-5-7-14(18-4)15(12)16/h5-7,9H,1,8H2,2-4H3. The molecule has 1 aromatic heterocycles. The second-order valence-electron chi connectivity index (χ2n) is 4.54. The maximum atomic E-state index is 11.7. The highest BCUT2D eigenvalue weighted by Crippen LogP contribution is 2.30. The molecular weight excluding hydrogens is 226 g/mol. The van der Waals surface area contributed by atoms with Gasteiger partial charge in [0.1, 0.15) is 5.75 Å². The molecule has 0 radical (unpaired) electrons. The highest BCUT2D eigenvalue weighted by molar-refractivity contribution is 6.08. The minimum atomic E-state index is 0.0636. The molecule has 3 heteroatoms. The Balaban J connectivity index is 2.76. The second kappa shape index (κ2) is 4.69. The molecule has 18 heavy (non-hydrogen) atoms. The van der Waals surface area contributed by atoms with Crippen LogP contribution in [0.4, 0.5) is 0 Å². The van der Waals surface area contributed by atoms with Crippen LogP contribution >= 0.6 is 0 Å². The van der Waals surface area contributed by atoms with Crippen LogP contribution in [0.15, 0.2) is 36.5 Å². The summed E-state index contributed by atoms with van der Waals surface area (Å²) in [6.45, 7) is 8.15. The fourth-order valence-electron chi connectivity index (χ4n) is 2.19. The Labute approximate surface area is 107 Å². The SMILES string of the molecule is C=C(C)Cn1cc(C(C)=O)c2cccc(OC)c21. The third kappa shape index (κ3) is 2.04. The molecule has 0 N–H and O–H groups in total. The number of hydrogen-bond donors (Lipinski definition) is 0. The molecule has 2 aromatic rings. The van der Waals surface area contributed by atoms with Crippen molar-refractivity contribution in [3.05, 3.63) is 42.1 Å². The van der Waals surface area contributed by atoms with Gasteiger partial charge >= 0.3 is 0 Å². The summed E-state index contributed by atoms with van der Waals surface area (Å²) < 4.78 is 7.40. The number of ketones is 1. The van der Waals surface area contributed by atoms with E-state index in [1.54, 1.807) is 14.0 Å². The van der Waals surface area contributed by atoms with E-state index >= 15 is 0 Å². The maximum absolute atomic E-state index is 11.7. The monoisotopic (exact) mass is 243 g/mol. The molecule has 0 amide bonds. The normalized spacial score (nSPS) is 10.6. The van der Waals surface area contributed by atoms with E-state index in [1.807, 2.05) is 35.9 Å². The number of hydrogen-bond acceptors (Lipinski definition) is 2. The van der Waals surface area contributed by atoms with Crippen LogP contribution in [0.25, 0.3) is 10.9 Å². The van der Waals surface area contributed by atoms with Gasteiger partial charge in [0.25, 0.3) is 0 Å². The molecule has 0 aliphatic carbocycles. The molecule has 0 saturated carbocycles. The predicted molar refractivity (Wildman–Crippen MR) is 73.3 cm³/mol. The van der Waals surface area contributed by atoms with Crippen molar-refractivity contribution in [2.75, 3.05) is 7.11 Å². The summed E-state index contributed by atoms with van der Waals surface area (Å²) in [5.41, 5.74) is 2.71. The number of allylic oxidation sites excluding steroid dienone is 1. The topological polar surface area (TPSA) is 31.2 Å². The van der Waals surface area contributed by atoms with Gasteiger partial charge in [-0.2, -0.15) is 0 Å². The van der Waals surface area contributed by atoms with Crippen molar-refractivity contribution in [2.24, 2.45) is 0 Å². The average molecular weight is 243 g/mol. The van der Waals surface area contributed by atoms with Crippen LogP contribution in [0.1, 0.15) is 24.2 Å². The fourth-order valence-corrected chi connectivity index (χ4v) is 2.19. The van der Waals surface area contributed by atoms with E-state index in [9.17, 15) is 4.79 Å². The molecule has 0 bridgehead atoms. The largest absolute Gasteiger partial charge is 0.495 e. The van der Waals surface area contributed by atoms with Gasteiger partial charge in [0.2, 0.25) is 0 Å². The lowest BCUT2D eigenvalue weighted by Gasteiger charge is -2.08. The van der Waals surface area contributed by atoms with E-state index in [0.29, 0.717) is 6.54 Å². The Morgan fingerprint density at radius 1 is 1.39 bits per heavy atom. The van der Waals surface area contributed by atoms with Crippen LogP contribution in [-0.4, -0.2) is 17.5 Å². The molecule has 0 saturated heterocycles. The number of methoxy groups -OCH3 is 1. The summed E-state index contributed by atoms with van der Waals surface area (Å²) >= 11 is 0. The van der Waals surface area contributed by atoms with Gasteiger partial charge in [0.05, 0.1) is 12.6 Å². The summed E-state index contributed by atoms with van der Waals surface area (Å²) in [5.74, 6) is 0.843. The molecule has 0 unspecified atom stereocenters. The van der Waals surface area contributed by atoms with E-state index in [0.717, 1.165) is 27.8 Å². The Morgan fingerprint density at radius 2 is 2.11 bits per heavy atom. The summed E-state index contributed by atoms with van der Waals surface area (Å²) in [4.78, 5) is 11.7. The lowest BCUT2D eigenvalue weighted by Crippen LogP contribution is -1.98. The van der Waals surface area contributed by atoms with E-state index in [4.69, 9.17) is 4.74 Å². The highest BCUT2D eigenvalue weighted by atomic mass is 16.5. The molecular formula is C15H17NO2. The van der Waals surface area contributed by atoms with Crippen molar-refractivity contribution < 1.29 is 9.53 Å². The maximum Gasteiger partial charge on any atom is 0.161 e. The number of carbonyl (C=O) groups is 1. The van der Waals surface area contributed by atoms with Crippen molar-refractivity contribution in [1.29, 1.82) is 0 Å². The molecule has 0 atom stereocenters. The van der Waals surface area contributed by atoms with Crippen LogP contribution in [-0.2, 0) is 6.54 Å². The third-order valence-corrected chi connectivity index (χ3v) is 2.90. The number of carbonyl (C=O) groups excluding carboxylic acids is 1. The number of Topliss-reactive ketones (excluding diaryl/α,β-unsaturated/α-hetero) is 1. The average Bonchev–Trinajstić information content (AvgIpc) is 2.67. The smallest absolute Gasteiger partial charge is 0.161 e. The molecule has 0 fully saturated rings. The first kappa shape index (κ1) is 12.4. The first-order valence-electron chi connectivity index (χ1n) is 5.85. The zero-order chi connectivity index (χ0) is 13.3. The van der Waals surface area contributed by atoms with Crippen LogP contribution in [0, 0.1) is 0 Å². The number of para-hydroxylation sites is 1. The Morgan fingerprint density at radius 3 is 2.67 bits per heavy atom. The number of rotatable bonds is 4. The summed E-state index contributed by atoms with van der Waals surface area (Å²) in [7, 11) is 1.64. The first-order chi connectivity index (χ1) is 8.54. The first-order valence-corrected chi connectivity index (χ1v) is 5.85. The molecule has 0 aliphatic rings. The quantitative estimate of drug-likeness (QED) is 0.608. The number of benzene rings is 1. The Hall–Kier alpha value is -2.03. The van der Waals surface area contributed by atoms with Gasteiger partial charge in [-0.05, 0) is 19.9 Å². The van der Waals surface area contributed by atoms with Crippen molar-refractivity contribution in [3.8, 4) is 5.75 Å². The van der Waals surface area contributed by atoms with Crippen LogP contribution in [0.3, 0.4) is 0 Å². The zero-order valence-electron chi connectivity index (χ0n) is 11.0. The number of ether oxygens (including phenoxy) is 1. The number of aromatic nitrogens is 1. The molecule has 1 aromatic carbocycles. The van der Waals surface area contributed by atoms with Gasteiger partial charge in [0, 0.05) is 23.7 Å². The van der Waals surface area contributed by atoms with Gasteiger partial charge in [-0.25, -0.2) is 0 Å². The molecule has 0 spiro atoms. The van der Waals surface area contributed by atoms with Crippen molar-refractivity contribution in [2.45, 2.75) is 20.4 Å². The Bertz CT molecular complexity index is 623. The van der Waals surface area contributed by atoms with Gasteiger partial charge in [0.15, 0.2) is 5.78 Å². The zero-order valence-corrected chi connectivity index (χ0v) is 11.0. The van der Waals surface area contributed by atoms with Gasteiger partial charge in [-0.1, -0.05) is 24.3 Å². The summed E-state index contributed by atoms with van der Waals surface area (Å²) in [6, 6.07) is 5.75. The summed E-state index contributed by atoms with van der Waals surface area (Å²) in [5, 5.41) is 0.933. The van der Waals surface area contributed by atoms with E-state index < -0.39 is 0 Å². The molecule has 1 heterocycles. The number of fused-ring (bicyclic) bond motifs is 1. The molecule has 3 nitrogen and oxygen atoms in total. The van der Waals surface area contributed by atoms with Crippen molar-refractivity contribution in [3.63, 3.8) is 0 Å². The minimum absolute atomic E-state index is 0.0636. The lowest BCUT2D eigenvalue weighted by molar-refractivity contribution is 0.101. The van der Waals surface area contributed by atoms with Gasteiger partial charge in [-0.3, -0.25) is 4.79 Å². The summed E-state index contributed by atoms with van der Waals surface area (Å²) in [6.07, 6.45) is 1.88. The molecule has 94 valence electrons. The number of nitrogens with zero attached hydrogens (tertiary/aromatic N) is 1. The van der Waals surface area contributed by atoms with E-state index in [-0.39, 0.29) is 5.78 Å². The second-order valence-corrected chi connectivity index (χ2v) is 4.54. The fraction of sp³-hybridized carbons (Fsp3) is 0.267. The van der Waals surface area contributed by atoms with Crippen LogP contribution in [0.2, 0.25) is 0 Å². The van der Waals surface area contributed by atoms with E-state index in [2.05, 4.69) is 6.58 Å². The van der Waals surface area contributed by atoms with Gasteiger partial charge < -0.3 is 9.30 Å². The Kier molecular flexibility index (Phi) is 3.24. The third-order valence-electron chi connectivity index (χ3n) is 2.90. The van der Waals surface area contributed by atoms with Crippen molar-refractivity contribution >= 4 is 16.7 Å². The van der Waals surface area contributed by atoms with E-state index in [1.165, 1.54) is 0 Å². The molecule has 2 rings (SSSR count). The van der Waals surface area contributed by atoms with Crippen molar-refractivity contribution in [1.82, 2.24) is 4.57 Å². The predicted octanol–water partition coefficient (Wildman–Crippen LogP) is 3.43. The lowest BCUT2D eigenvalue weighted by atomic mass is 10.1. The van der Waals surface area contributed by atoms with Crippen LogP contribution < -0.4 is 4.74 Å². The highest BCUT2D eigenvalue weighted by Gasteiger charge is 2.15.